The molecule has 0 amide bonds. The maximum Gasteiger partial charge on any atom is 0.336 e. The molecule has 0 aliphatic carbocycles. The van der Waals surface area contributed by atoms with E-state index in [-0.39, 0.29) is 12.4 Å². The van der Waals surface area contributed by atoms with Gasteiger partial charge < -0.3 is 13.9 Å². The van der Waals surface area contributed by atoms with Crippen molar-refractivity contribution in [3.05, 3.63) is 92.7 Å². The minimum atomic E-state index is -0.454. The first-order valence-corrected chi connectivity index (χ1v) is 10.4. The number of Topliss-reactive ketones (excluding diaryl/α,β-unsaturated/α-hetero) is 1. The fourth-order valence-electron chi connectivity index (χ4n) is 3.37. The summed E-state index contributed by atoms with van der Waals surface area (Å²) >= 11 is 3.35. The summed E-state index contributed by atoms with van der Waals surface area (Å²) < 4.78 is 17.4. The van der Waals surface area contributed by atoms with Gasteiger partial charge in [-0.3, -0.25) is 4.79 Å². The number of ketones is 1. The molecular formula is C25H19BrO5. The van der Waals surface area contributed by atoms with Gasteiger partial charge in [0.1, 0.15) is 17.1 Å². The molecule has 0 aliphatic heterocycles. The number of benzene rings is 3. The van der Waals surface area contributed by atoms with Gasteiger partial charge in [0.05, 0.1) is 7.11 Å². The highest BCUT2D eigenvalue weighted by Crippen LogP contribution is 2.33. The van der Waals surface area contributed by atoms with Crippen molar-refractivity contribution in [2.24, 2.45) is 0 Å². The van der Waals surface area contributed by atoms with E-state index < -0.39 is 5.63 Å². The Kier molecular flexibility index (Phi) is 5.91. The highest BCUT2D eigenvalue weighted by atomic mass is 79.9. The fraction of sp³-hybridized carbons (Fsp3) is 0.120. The summed E-state index contributed by atoms with van der Waals surface area (Å²) in [6, 6.07) is 19.7. The average Bonchev–Trinajstić information content (AvgIpc) is 2.79. The van der Waals surface area contributed by atoms with Gasteiger partial charge in [-0.25, -0.2) is 4.79 Å². The molecule has 0 N–H and O–H groups in total. The number of halogens is 1. The Morgan fingerprint density at radius 3 is 2.39 bits per heavy atom. The molecule has 0 fully saturated rings. The van der Waals surface area contributed by atoms with Crippen LogP contribution in [-0.4, -0.2) is 19.5 Å². The molecule has 0 aliphatic rings. The zero-order valence-electron chi connectivity index (χ0n) is 17.0. The Bertz CT molecular complexity index is 1310. The standard InChI is InChI=1S/C25H19BrO5/c1-15-23(30-14-22(27)17-3-7-18(26)8-4-17)12-11-20-21(13-24(28)31-25(15)20)16-5-9-19(29-2)10-6-16/h3-13H,14H2,1-2H3. The van der Waals surface area contributed by atoms with Crippen LogP contribution in [0.4, 0.5) is 0 Å². The third-order valence-electron chi connectivity index (χ3n) is 5.04. The second kappa shape index (κ2) is 8.78. The number of fused-ring (bicyclic) bond motifs is 1. The molecule has 0 spiro atoms. The van der Waals surface area contributed by atoms with Crippen LogP contribution < -0.4 is 15.1 Å². The monoisotopic (exact) mass is 478 g/mol. The van der Waals surface area contributed by atoms with Gasteiger partial charge in [-0.2, -0.15) is 0 Å². The molecule has 1 aromatic heterocycles. The minimum Gasteiger partial charge on any atom is -0.497 e. The molecule has 4 aromatic rings. The number of rotatable bonds is 6. The van der Waals surface area contributed by atoms with Crippen molar-refractivity contribution in [3.63, 3.8) is 0 Å². The van der Waals surface area contributed by atoms with Crippen molar-refractivity contribution in [1.29, 1.82) is 0 Å². The Balaban J connectivity index is 1.66. The van der Waals surface area contributed by atoms with Crippen molar-refractivity contribution in [2.45, 2.75) is 6.92 Å². The lowest BCUT2D eigenvalue weighted by molar-refractivity contribution is 0.0921. The van der Waals surface area contributed by atoms with Crippen LogP contribution in [-0.2, 0) is 0 Å². The molecule has 31 heavy (non-hydrogen) atoms. The number of hydrogen-bond donors (Lipinski definition) is 0. The van der Waals surface area contributed by atoms with Crippen LogP contribution in [0.15, 0.2) is 80.4 Å². The number of aryl methyl sites for hydroxylation is 1. The summed E-state index contributed by atoms with van der Waals surface area (Å²) in [5.41, 5.74) is 2.84. The van der Waals surface area contributed by atoms with Gasteiger partial charge in [0.25, 0.3) is 0 Å². The highest BCUT2D eigenvalue weighted by Gasteiger charge is 2.15. The van der Waals surface area contributed by atoms with Gasteiger partial charge in [0, 0.05) is 27.1 Å². The third-order valence-corrected chi connectivity index (χ3v) is 5.57. The molecular weight excluding hydrogens is 460 g/mol. The summed E-state index contributed by atoms with van der Waals surface area (Å²) in [4.78, 5) is 24.7. The summed E-state index contributed by atoms with van der Waals surface area (Å²) in [5, 5.41) is 0.786. The molecule has 0 saturated heterocycles. The van der Waals surface area contributed by atoms with Gasteiger partial charge in [0.15, 0.2) is 12.4 Å². The topological polar surface area (TPSA) is 65.7 Å². The number of carbonyl (C=O) groups is 1. The van der Waals surface area contributed by atoms with Crippen LogP contribution in [0.2, 0.25) is 0 Å². The number of carbonyl (C=O) groups excluding carboxylic acids is 1. The summed E-state index contributed by atoms with van der Waals surface area (Å²) in [5.74, 6) is 1.09. The largest absolute Gasteiger partial charge is 0.497 e. The Morgan fingerprint density at radius 1 is 1.00 bits per heavy atom. The first-order valence-electron chi connectivity index (χ1n) is 9.59. The molecule has 1 heterocycles. The van der Waals surface area contributed by atoms with E-state index in [1.807, 2.05) is 49.4 Å². The second-order valence-electron chi connectivity index (χ2n) is 6.99. The van der Waals surface area contributed by atoms with Crippen LogP contribution in [0.25, 0.3) is 22.1 Å². The van der Waals surface area contributed by atoms with Crippen molar-refractivity contribution in [2.75, 3.05) is 13.7 Å². The molecule has 6 heteroatoms. The number of hydrogen-bond acceptors (Lipinski definition) is 5. The molecule has 156 valence electrons. The van der Waals surface area contributed by atoms with Crippen LogP contribution in [0.5, 0.6) is 11.5 Å². The zero-order chi connectivity index (χ0) is 22.0. The Morgan fingerprint density at radius 2 is 1.71 bits per heavy atom. The Labute approximate surface area is 187 Å². The first-order chi connectivity index (χ1) is 15.0. The van der Waals surface area contributed by atoms with Crippen LogP contribution in [0.3, 0.4) is 0 Å². The van der Waals surface area contributed by atoms with E-state index in [1.165, 1.54) is 6.07 Å². The normalized spacial score (nSPS) is 10.8. The van der Waals surface area contributed by atoms with Gasteiger partial charge >= 0.3 is 5.63 Å². The summed E-state index contributed by atoms with van der Waals surface area (Å²) in [6.07, 6.45) is 0. The van der Waals surface area contributed by atoms with Crippen LogP contribution in [0.1, 0.15) is 15.9 Å². The molecule has 3 aromatic carbocycles. The van der Waals surface area contributed by atoms with Crippen molar-refractivity contribution in [3.8, 4) is 22.6 Å². The van der Waals surface area contributed by atoms with E-state index in [1.54, 1.807) is 25.3 Å². The molecule has 0 unspecified atom stereocenters. The predicted molar refractivity (Wildman–Crippen MR) is 123 cm³/mol. The lowest BCUT2D eigenvalue weighted by Crippen LogP contribution is -2.12. The van der Waals surface area contributed by atoms with E-state index >= 15 is 0 Å². The maximum absolute atomic E-state index is 12.4. The SMILES string of the molecule is COc1ccc(-c2cc(=O)oc3c(C)c(OCC(=O)c4ccc(Br)cc4)ccc23)cc1. The van der Waals surface area contributed by atoms with Crippen LogP contribution in [0, 0.1) is 6.92 Å². The lowest BCUT2D eigenvalue weighted by atomic mass is 10.00. The summed E-state index contributed by atoms with van der Waals surface area (Å²) in [7, 11) is 1.61. The van der Waals surface area contributed by atoms with Crippen molar-refractivity contribution >= 4 is 32.7 Å². The molecule has 0 saturated carbocycles. The van der Waals surface area contributed by atoms with E-state index in [0.717, 1.165) is 26.7 Å². The third kappa shape index (κ3) is 4.39. The van der Waals surface area contributed by atoms with E-state index in [2.05, 4.69) is 15.9 Å². The van der Waals surface area contributed by atoms with Gasteiger partial charge in [-0.1, -0.05) is 40.2 Å². The van der Waals surface area contributed by atoms with E-state index in [0.29, 0.717) is 22.5 Å². The zero-order valence-corrected chi connectivity index (χ0v) is 18.6. The quantitative estimate of drug-likeness (QED) is 0.258. The summed E-state index contributed by atoms with van der Waals surface area (Å²) in [6.45, 7) is 1.69. The van der Waals surface area contributed by atoms with Crippen LogP contribution >= 0.6 is 15.9 Å². The molecule has 5 nitrogen and oxygen atoms in total. The molecule has 0 bridgehead atoms. The van der Waals surface area contributed by atoms with Gasteiger partial charge in [-0.15, -0.1) is 0 Å². The van der Waals surface area contributed by atoms with E-state index in [9.17, 15) is 9.59 Å². The fourth-order valence-corrected chi connectivity index (χ4v) is 3.64. The van der Waals surface area contributed by atoms with Gasteiger partial charge in [-0.05, 0) is 54.4 Å². The predicted octanol–water partition coefficient (Wildman–Crippen LogP) is 5.80. The molecule has 4 rings (SSSR count). The first kappa shape index (κ1) is 20.9. The highest BCUT2D eigenvalue weighted by molar-refractivity contribution is 9.10. The number of methoxy groups -OCH3 is 1. The van der Waals surface area contributed by atoms with E-state index in [4.69, 9.17) is 13.9 Å². The molecule has 0 atom stereocenters. The molecule has 0 radical (unpaired) electrons. The smallest absolute Gasteiger partial charge is 0.336 e. The van der Waals surface area contributed by atoms with Gasteiger partial charge in [0.2, 0.25) is 0 Å². The van der Waals surface area contributed by atoms with Crippen molar-refractivity contribution in [1.82, 2.24) is 0 Å². The van der Waals surface area contributed by atoms with Crippen molar-refractivity contribution < 1.29 is 18.7 Å². The number of ether oxygens (including phenoxy) is 2. The second-order valence-corrected chi connectivity index (χ2v) is 7.91. The lowest BCUT2D eigenvalue weighted by Gasteiger charge is -2.12. The maximum atomic E-state index is 12.4. The minimum absolute atomic E-state index is 0.115. The Hall–Kier alpha value is -3.38. The average molecular weight is 479 g/mol.